The molecule has 21 heavy (non-hydrogen) atoms. The van der Waals surface area contributed by atoms with Gasteiger partial charge >= 0.3 is 0 Å². The molecule has 2 amide bonds. The molecule has 1 aliphatic heterocycles. The molecule has 1 fully saturated rings. The maximum atomic E-state index is 12.4. The van der Waals surface area contributed by atoms with E-state index in [2.05, 4.69) is 0 Å². The van der Waals surface area contributed by atoms with Gasteiger partial charge in [0.15, 0.2) is 0 Å². The summed E-state index contributed by atoms with van der Waals surface area (Å²) in [7, 11) is 0. The second kappa shape index (κ2) is 6.58. The van der Waals surface area contributed by atoms with Gasteiger partial charge in [0, 0.05) is 31.6 Å². The van der Waals surface area contributed by atoms with Crippen LogP contribution < -0.4 is 5.73 Å². The van der Waals surface area contributed by atoms with E-state index in [0.717, 1.165) is 12.0 Å². The molecule has 0 aromatic carbocycles. The smallest absolute Gasteiger partial charge is 0.254 e. The molecule has 1 aromatic rings. The van der Waals surface area contributed by atoms with Crippen LogP contribution in [0.2, 0.25) is 0 Å². The highest BCUT2D eigenvalue weighted by atomic mass is 32.1. The van der Waals surface area contributed by atoms with Crippen LogP contribution >= 0.6 is 11.3 Å². The van der Waals surface area contributed by atoms with E-state index < -0.39 is 5.54 Å². The molecule has 1 saturated heterocycles. The molecule has 2 rings (SSSR count). The molecule has 0 spiro atoms. The number of carbonyl (C=O) groups excluding carboxylic acids is 2. The molecular formula is C15H23N3O2S. The van der Waals surface area contributed by atoms with Crippen molar-refractivity contribution < 1.29 is 9.59 Å². The minimum Gasteiger partial charge on any atom is -0.338 e. The minimum atomic E-state index is -0.797. The van der Waals surface area contributed by atoms with Gasteiger partial charge in [-0.25, -0.2) is 0 Å². The lowest BCUT2D eigenvalue weighted by Crippen LogP contribution is -2.58. The summed E-state index contributed by atoms with van der Waals surface area (Å²) in [5, 5.41) is 3.76. The van der Waals surface area contributed by atoms with E-state index in [-0.39, 0.29) is 11.8 Å². The van der Waals surface area contributed by atoms with Crippen molar-refractivity contribution in [2.75, 3.05) is 26.2 Å². The summed E-state index contributed by atoms with van der Waals surface area (Å²) >= 11 is 1.52. The third kappa shape index (κ3) is 3.63. The number of piperazine rings is 1. The van der Waals surface area contributed by atoms with Crippen molar-refractivity contribution in [3.05, 3.63) is 22.4 Å². The molecule has 1 atom stereocenters. The third-order valence-electron chi connectivity index (χ3n) is 3.88. The zero-order valence-corrected chi connectivity index (χ0v) is 13.5. The molecular weight excluding hydrogens is 286 g/mol. The quantitative estimate of drug-likeness (QED) is 0.917. The zero-order chi connectivity index (χ0) is 15.5. The highest BCUT2D eigenvalue weighted by Crippen LogP contribution is 2.16. The molecule has 116 valence electrons. The molecule has 6 heteroatoms. The number of rotatable bonds is 4. The molecule has 0 radical (unpaired) electrons. The van der Waals surface area contributed by atoms with E-state index >= 15 is 0 Å². The number of hydrogen-bond donors (Lipinski definition) is 1. The fourth-order valence-electron chi connectivity index (χ4n) is 2.67. The lowest BCUT2D eigenvalue weighted by Gasteiger charge is -2.38. The highest BCUT2D eigenvalue weighted by molar-refractivity contribution is 7.08. The number of nitrogens with zero attached hydrogens (tertiary/aromatic N) is 2. The average molecular weight is 309 g/mol. The molecule has 2 N–H and O–H groups in total. The molecule has 5 nitrogen and oxygen atoms in total. The molecule has 1 aliphatic rings. The number of amides is 2. The molecule has 0 saturated carbocycles. The Hall–Kier alpha value is -1.40. The summed E-state index contributed by atoms with van der Waals surface area (Å²) in [6, 6.07) is 1.84. The van der Waals surface area contributed by atoms with Crippen LogP contribution in [0, 0.1) is 0 Å². The monoisotopic (exact) mass is 309 g/mol. The lowest BCUT2D eigenvalue weighted by molar-refractivity contribution is -0.138. The van der Waals surface area contributed by atoms with Crippen LogP contribution in [0.25, 0.3) is 0 Å². The van der Waals surface area contributed by atoms with Crippen molar-refractivity contribution in [2.24, 2.45) is 5.73 Å². The average Bonchev–Trinajstić information content (AvgIpc) is 3.00. The number of carbonyl (C=O) groups is 2. The predicted molar refractivity (Wildman–Crippen MR) is 84.3 cm³/mol. The van der Waals surface area contributed by atoms with Crippen molar-refractivity contribution in [3.63, 3.8) is 0 Å². The van der Waals surface area contributed by atoms with Crippen LogP contribution in [0.3, 0.4) is 0 Å². The zero-order valence-electron chi connectivity index (χ0n) is 12.7. The summed E-state index contributed by atoms with van der Waals surface area (Å²) in [6.45, 7) is 6.08. The second-order valence-corrected chi connectivity index (χ2v) is 6.54. The van der Waals surface area contributed by atoms with Crippen LogP contribution in [0.5, 0.6) is 0 Å². The SMILES string of the molecule is CCCC(C)(N)C(=O)N1CCN(C(=O)c2ccsc2)CC1. The summed E-state index contributed by atoms with van der Waals surface area (Å²) in [4.78, 5) is 28.2. The van der Waals surface area contributed by atoms with Gasteiger partial charge in [0.05, 0.1) is 11.1 Å². The Labute approximate surface area is 129 Å². The lowest BCUT2D eigenvalue weighted by atomic mass is 9.95. The third-order valence-corrected chi connectivity index (χ3v) is 4.56. The number of hydrogen-bond acceptors (Lipinski definition) is 4. The first-order valence-corrected chi connectivity index (χ1v) is 8.29. The topological polar surface area (TPSA) is 66.6 Å². The van der Waals surface area contributed by atoms with Gasteiger partial charge < -0.3 is 15.5 Å². The van der Waals surface area contributed by atoms with Gasteiger partial charge in [0.1, 0.15) is 0 Å². The summed E-state index contributed by atoms with van der Waals surface area (Å²) in [5.41, 5.74) is 6.04. The van der Waals surface area contributed by atoms with E-state index in [1.54, 1.807) is 16.7 Å². The first-order chi connectivity index (χ1) is 9.95. The Balaban J connectivity index is 1.91. The Bertz CT molecular complexity index is 491. The van der Waals surface area contributed by atoms with Crippen LogP contribution in [0.15, 0.2) is 16.8 Å². The van der Waals surface area contributed by atoms with Gasteiger partial charge in [-0.05, 0) is 24.8 Å². The van der Waals surface area contributed by atoms with Crippen LogP contribution in [-0.4, -0.2) is 53.3 Å². The van der Waals surface area contributed by atoms with Gasteiger partial charge in [0.25, 0.3) is 5.91 Å². The van der Waals surface area contributed by atoms with Gasteiger partial charge in [0.2, 0.25) is 5.91 Å². The second-order valence-electron chi connectivity index (χ2n) is 5.76. The van der Waals surface area contributed by atoms with Crippen molar-refractivity contribution in [1.82, 2.24) is 9.80 Å². The van der Waals surface area contributed by atoms with E-state index in [4.69, 9.17) is 5.73 Å². The van der Waals surface area contributed by atoms with E-state index in [9.17, 15) is 9.59 Å². The number of thiophene rings is 1. The maximum Gasteiger partial charge on any atom is 0.254 e. The van der Waals surface area contributed by atoms with Gasteiger partial charge in [-0.3, -0.25) is 9.59 Å². The Kier molecular flexibility index (Phi) is 5.00. The van der Waals surface area contributed by atoms with Crippen molar-refractivity contribution in [1.29, 1.82) is 0 Å². The summed E-state index contributed by atoms with van der Waals surface area (Å²) < 4.78 is 0. The first-order valence-electron chi connectivity index (χ1n) is 7.35. The van der Waals surface area contributed by atoms with E-state index in [1.165, 1.54) is 11.3 Å². The molecule has 0 bridgehead atoms. The Morgan fingerprint density at radius 2 is 1.90 bits per heavy atom. The van der Waals surface area contributed by atoms with E-state index in [1.807, 2.05) is 23.8 Å². The van der Waals surface area contributed by atoms with Crippen LogP contribution in [0.1, 0.15) is 37.0 Å². The van der Waals surface area contributed by atoms with Gasteiger partial charge in [-0.15, -0.1) is 0 Å². The fourth-order valence-corrected chi connectivity index (χ4v) is 3.30. The molecule has 2 heterocycles. The highest BCUT2D eigenvalue weighted by Gasteiger charge is 2.34. The Morgan fingerprint density at radius 3 is 2.43 bits per heavy atom. The van der Waals surface area contributed by atoms with Gasteiger partial charge in [-0.1, -0.05) is 13.3 Å². The largest absolute Gasteiger partial charge is 0.338 e. The van der Waals surface area contributed by atoms with Gasteiger partial charge in [-0.2, -0.15) is 11.3 Å². The van der Waals surface area contributed by atoms with Crippen LogP contribution in [0.4, 0.5) is 0 Å². The van der Waals surface area contributed by atoms with Crippen molar-refractivity contribution >= 4 is 23.2 Å². The van der Waals surface area contributed by atoms with Crippen LogP contribution in [-0.2, 0) is 4.79 Å². The molecule has 1 unspecified atom stereocenters. The van der Waals surface area contributed by atoms with E-state index in [0.29, 0.717) is 32.6 Å². The summed E-state index contributed by atoms with van der Waals surface area (Å²) in [5.74, 6) is 0.0411. The van der Waals surface area contributed by atoms with Crippen molar-refractivity contribution in [3.8, 4) is 0 Å². The molecule has 1 aromatic heterocycles. The van der Waals surface area contributed by atoms with Crippen molar-refractivity contribution in [2.45, 2.75) is 32.2 Å². The maximum absolute atomic E-state index is 12.4. The fraction of sp³-hybridized carbons (Fsp3) is 0.600. The standard InChI is InChI=1S/C15H23N3O2S/c1-3-5-15(2,16)14(20)18-8-6-17(7-9-18)13(19)12-4-10-21-11-12/h4,10-11H,3,5-9,16H2,1-2H3. The summed E-state index contributed by atoms with van der Waals surface area (Å²) in [6.07, 6.45) is 1.56. The molecule has 0 aliphatic carbocycles. The normalized spacial score (nSPS) is 18.4. The predicted octanol–water partition coefficient (Wildman–Crippen LogP) is 1.55. The number of nitrogens with two attached hydrogens (primary N) is 1. The Morgan fingerprint density at radius 1 is 1.29 bits per heavy atom. The minimum absolute atomic E-state index is 0.00742. The first kappa shape index (κ1) is 16.0.